The number of hydrogen-bond acceptors (Lipinski definition) is 3. The molecule has 0 amide bonds. The molecule has 4 nitrogen and oxygen atoms in total. The summed E-state index contributed by atoms with van der Waals surface area (Å²) >= 11 is 6.08. The lowest BCUT2D eigenvalue weighted by Gasteiger charge is -2.30. The van der Waals surface area contributed by atoms with Crippen LogP contribution in [0.3, 0.4) is 0 Å². The van der Waals surface area contributed by atoms with Crippen molar-refractivity contribution in [2.75, 3.05) is 32.0 Å². The van der Waals surface area contributed by atoms with Gasteiger partial charge in [-0.15, -0.1) is 0 Å². The fraction of sp³-hybridized carbons (Fsp3) is 0.500. The van der Waals surface area contributed by atoms with Crippen LogP contribution in [0.25, 0.3) is 0 Å². The molecule has 2 rings (SSSR count). The van der Waals surface area contributed by atoms with Crippen LogP contribution in [0.5, 0.6) is 0 Å². The zero-order chi connectivity index (χ0) is 13.8. The summed E-state index contributed by atoms with van der Waals surface area (Å²) in [7, 11) is 2.14. The average molecular weight is 283 g/mol. The third-order valence-electron chi connectivity index (χ3n) is 3.52. The second kappa shape index (κ2) is 6.26. The SMILES string of the molecule is CN1CCCC(CNc2ccc(C(=O)O)cc2Cl)C1. The van der Waals surface area contributed by atoms with Gasteiger partial charge in [0, 0.05) is 13.1 Å². The fourth-order valence-electron chi connectivity index (χ4n) is 2.49. The number of carboxylic acid groups (broad SMARTS) is 1. The van der Waals surface area contributed by atoms with E-state index in [4.69, 9.17) is 16.7 Å². The van der Waals surface area contributed by atoms with Crippen LogP contribution in [0, 0.1) is 5.92 Å². The van der Waals surface area contributed by atoms with Gasteiger partial charge < -0.3 is 15.3 Å². The molecule has 1 aliphatic heterocycles. The van der Waals surface area contributed by atoms with E-state index in [1.54, 1.807) is 12.1 Å². The van der Waals surface area contributed by atoms with E-state index in [9.17, 15) is 4.79 Å². The molecule has 0 spiro atoms. The summed E-state index contributed by atoms with van der Waals surface area (Å²) in [5.41, 5.74) is 1.02. The van der Waals surface area contributed by atoms with Crippen LogP contribution in [-0.4, -0.2) is 42.7 Å². The van der Waals surface area contributed by atoms with Crippen LogP contribution in [0.15, 0.2) is 18.2 Å². The smallest absolute Gasteiger partial charge is 0.335 e. The van der Waals surface area contributed by atoms with Crippen molar-refractivity contribution in [1.29, 1.82) is 0 Å². The van der Waals surface area contributed by atoms with E-state index >= 15 is 0 Å². The maximum atomic E-state index is 10.8. The molecule has 5 heteroatoms. The molecular formula is C14H19ClN2O2. The molecule has 104 valence electrons. The van der Waals surface area contributed by atoms with E-state index in [2.05, 4.69) is 17.3 Å². The van der Waals surface area contributed by atoms with Crippen molar-refractivity contribution in [2.24, 2.45) is 5.92 Å². The Balaban J connectivity index is 1.94. The minimum absolute atomic E-state index is 0.216. The van der Waals surface area contributed by atoms with E-state index in [-0.39, 0.29) is 5.56 Å². The lowest BCUT2D eigenvalue weighted by Crippen LogP contribution is -2.35. The summed E-state index contributed by atoms with van der Waals surface area (Å²) in [6, 6.07) is 4.79. The Morgan fingerprint density at radius 1 is 1.58 bits per heavy atom. The first-order valence-electron chi connectivity index (χ1n) is 6.51. The van der Waals surface area contributed by atoms with Crippen molar-refractivity contribution in [3.8, 4) is 0 Å². The van der Waals surface area contributed by atoms with E-state index < -0.39 is 5.97 Å². The van der Waals surface area contributed by atoms with Gasteiger partial charge >= 0.3 is 5.97 Å². The minimum atomic E-state index is -0.956. The van der Waals surface area contributed by atoms with Crippen molar-refractivity contribution in [1.82, 2.24) is 4.90 Å². The fourth-order valence-corrected chi connectivity index (χ4v) is 2.73. The van der Waals surface area contributed by atoms with Gasteiger partial charge in [-0.3, -0.25) is 0 Å². The number of hydrogen-bond donors (Lipinski definition) is 2. The third-order valence-corrected chi connectivity index (χ3v) is 3.83. The average Bonchev–Trinajstić information content (AvgIpc) is 2.37. The van der Waals surface area contributed by atoms with Crippen LogP contribution in [0.2, 0.25) is 5.02 Å². The zero-order valence-electron chi connectivity index (χ0n) is 11.0. The maximum Gasteiger partial charge on any atom is 0.335 e. The van der Waals surface area contributed by atoms with Gasteiger partial charge in [-0.2, -0.15) is 0 Å². The maximum absolute atomic E-state index is 10.8. The lowest BCUT2D eigenvalue weighted by atomic mass is 9.98. The molecule has 0 aromatic heterocycles. The Kier molecular flexibility index (Phi) is 4.66. The summed E-state index contributed by atoms with van der Waals surface area (Å²) in [5, 5.41) is 12.7. The predicted molar refractivity (Wildman–Crippen MR) is 77.1 cm³/mol. The van der Waals surface area contributed by atoms with Gasteiger partial charge in [-0.05, 0) is 50.6 Å². The standard InChI is InChI=1S/C14H19ClN2O2/c1-17-6-2-3-10(9-17)8-16-13-5-4-11(14(18)19)7-12(13)15/h4-5,7,10,16H,2-3,6,8-9H2,1H3,(H,18,19). The van der Waals surface area contributed by atoms with Gasteiger partial charge in [-0.1, -0.05) is 11.6 Å². The number of anilines is 1. The van der Waals surface area contributed by atoms with Crippen LogP contribution in [-0.2, 0) is 0 Å². The third kappa shape index (κ3) is 3.85. The van der Waals surface area contributed by atoms with E-state index in [1.807, 2.05) is 0 Å². The Morgan fingerprint density at radius 2 is 2.37 bits per heavy atom. The normalized spacial score (nSPS) is 20.2. The van der Waals surface area contributed by atoms with Crippen molar-refractivity contribution in [2.45, 2.75) is 12.8 Å². The van der Waals surface area contributed by atoms with Crippen LogP contribution in [0.4, 0.5) is 5.69 Å². The largest absolute Gasteiger partial charge is 0.478 e. The molecule has 19 heavy (non-hydrogen) atoms. The number of nitrogens with one attached hydrogen (secondary N) is 1. The molecule has 0 aliphatic carbocycles. The van der Waals surface area contributed by atoms with Crippen molar-refractivity contribution in [3.05, 3.63) is 28.8 Å². The monoisotopic (exact) mass is 282 g/mol. The first kappa shape index (κ1) is 14.2. The predicted octanol–water partition coefficient (Wildman–Crippen LogP) is 2.79. The van der Waals surface area contributed by atoms with Gasteiger partial charge in [0.15, 0.2) is 0 Å². The highest BCUT2D eigenvalue weighted by molar-refractivity contribution is 6.33. The zero-order valence-corrected chi connectivity index (χ0v) is 11.8. The molecule has 1 unspecified atom stereocenters. The summed E-state index contributed by atoms with van der Waals surface area (Å²) in [4.78, 5) is 13.2. The molecule has 1 saturated heterocycles. The van der Waals surface area contributed by atoms with E-state index in [1.165, 1.54) is 25.5 Å². The Labute approximate surface area is 118 Å². The van der Waals surface area contributed by atoms with Crippen molar-refractivity contribution in [3.63, 3.8) is 0 Å². The first-order chi connectivity index (χ1) is 9.06. The molecule has 1 aliphatic rings. The molecular weight excluding hydrogens is 264 g/mol. The second-order valence-electron chi connectivity index (χ2n) is 5.15. The number of piperidine rings is 1. The number of likely N-dealkylation sites (tertiary alicyclic amines) is 1. The molecule has 1 atom stereocenters. The number of aromatic carboxylic acids is 1. The Bertz CT molecular complexity index is 465. The summed E-state index contributed by atoms with van der Waals surface area (Å²) < 4.78 is 0. The topological polar surface area (TPSA) is 52.6 Å². The van der Waals surface area contributed by atoms with Crippen LogP contribution >= 0.6 is 11.6 Å². The summed E-state index contributed by atoms with van der Waals surface area (Å²) in [6.45, 7) is 3.14. The second-order valence-corrected chi connectivity index (χ2v) is 5.56. The molecule has 0 radical (unpaired) electrons. The number of halogens is 1. The number of nitrogens with zero attached hydrogens (tertiary/aromatic N) is 1. The molecule has 1 fully saturated rings. The Morgan fingerprint density at radius 3 is 3.00 bits per heavy atom. The number of carbonyl (C=O) groups is 1. The van der Waals surface area contributed by atoms with Gasteiger partial charge in [0.25, 0.3) is 0 Å². The highest BCUT2D eigenvalue weighted by Crippen LogP contribution is 2.24. The lowest BCUT2D eigenvalue weighted by molar-refractivity contribution is 0.0697. The minimum Gasteiger partial charge on any atom is -0.478 e. The van der Waals surface area contributed by atoms with Gasteiger partial charge in [0.2, 0.25) is 0 Å². The van der Waals surface area contributed by atoms with Crippen molar-refractivity contribution >= 4 is 23.3 Å². The number of benzene rings is 1. The van der Waals surface area contributed by atoms with Gasteiger partial charge in [0.1, 0.15) is 0 Å². The molecule has 1 heterocycles. The van der Waals surface area contributed by atoms with E-state index in [0.717, 1.165) is 18.8 Å². The Hall–Kier alpha value is -1.26. The van der Waals surface area contributed by atoms with Crippen molar-refractivity contribution < 1.29 is 9.90 Å². The highest BCUT2D eigenvalue weighted by atomic mass is 35.5. The number of rotatable bonds is 4. The van der Waals surface area contributed by atoms with Crippen LogP contribution in [0.1, 0.15) is 23.2 Å². The molecule has 2 N–H and O–H groups in total. The molecule has 1 aromatic carbocycles. The quantitative estimate of drug-likeness (QED) is 0.892. The molecule has 0 bridgehead atoms. The first-order valence-corrected chi connectivity index (χ1v) is 6.89. The highest BCUT2D eigenvalue weighted by Gasteiger charge is 2.17. The van der Waals surface area contributed by atoms with Gasteiger partial charge in [0.05, 0.1) is 16.3 Å². The van der Waals surface area contributed by atoms with E-state index in [0.29, 0.717) is 10.9 Å². The number of carboxylic acids is 1. The summed E-state index contributed by atoms with van der Waals surface area (Å²) in [5.74, 6) is -0.337. The van der Waals surface area contributed by atoms with Gasteiger partial charge in [-0.25, -0.2) is 4.79 Å². The molecule has 1 aromatic rings. The molecule has 0 saturated carbocycles. The summed E-state index contributed by atoms with van der Waals surface area (Å²) in [6.07, 6.45) is 2.46. The van der Waals surface area contributed by atoms with Crippen LogP contribution < -0.4 is 5.32 Å².